The highest BCUT2D eigenvalue weighted by Gasteiger charge is 2.22. The monoisotopic (exact) mass is 244 g/mol. The van der Waals surface area contributed by atoms with Gasteiger partial charge in [-0.3, -0.25) is 4.79 Å². The van der Waals surface area contributed by atoms with E-state index in [1.807, 2.05) is 6.92 Å². The summed E-state index contributed by atoms with van der Waals surface area (Å²) in [5.41, 5.74) is 0. The lowest BCUT2D eigenvalue weighted by Crippen LogP contribution is -2.46. The van der Waals surface area contributed by atoms with Gasteiger partial charge < -0.3 is 20.1 Å². The van der Waals surface area contributed by atoms with Crippen LogP contribution in [-0.2, 0) is 9.53 Å². The van der Waals surface area contributed by atoms with Crippen LogP contribution < -0.4 is 5.32 Å². The summed E-state index contributed by atoms with van der Waals surface area (Å²) in [5, 5.41) is 11.4. The second-order valence-corrected chi connectivity index (χ2v) is 4.42. The van der Waals surface area contributed by atoms with Gasteiger partial charge in [0.1, 0.15) is 0 Å². The number of urea groups is 1. The van der Waals surface area contributed by atoms with Crippen LogP contribution in [-0.4, -0.2) is 54.4 Å². The maximum absolute atomic E-state index is 11.7. The Morgan fingerprint density at radius 1 is 1.53 bits per heavy atom. The molecule has 0 radical (unpaired) electrons. The van der Waals surface area contributed by atoms with Crippen molar-refractivity contribution in [1.82, 2.24) is 10.2 Å². The number of amides is 2. The van der Waals surface area contributed by atoms with Gasteiger partial charge in [-0.05, 0) is 19.8 Å². The van der Waals surface area contributed by atoms with Crippen molar-refractivity contribution in [2.45, 2.75) is 38.3 Å². The van der Waals surface area contributed by atoms with Crippen molar-refractivity contribution in [3.05, 3.63) is 0 Å². The summed E-state index contributed by atoms with van der Waals surface area (Å²) < 4.78 is 5.39. The number of aliphatic carboxylic acids is 1. The van der Waals surface area contributed by atoms with Crippen molar-refractivity contribution in [2.75, 3.05) is 20.2 Å². The number of hydrogen-bond acceptors (Lipinski definition) is 3. The molecule has 1 fully saturated rings. The lowest BCUT2D eigenvalue weighted by atomic mass is 10.0. The van der Waals surface area contributed by atoms with Gasteiger partial charge in [0.05, 0.1) is 12.5 Å². The molecular weight excluding hydrogens is 224 g/mol. The van der Waals surface area contributed by atoms with Crippen molar-refractivity contribution in [1.29, 1.82) is 0 Å². The number of nitrogens with zero attached hydrogens (tertiary/aromatic N) is 1. The fraction of sp³-hybridized carbons (Fsp3) is 0.818. The van der Waals surface area contributed by atoms with E-state index in [1.54, 1.807) is 7.05 Å². The average Bonchev–Trinajstić information content (AvgIpc) is 2.25. The molecule has 1 aliphatic heterocycles. The minimum atomic E-state index is -0.899. The zero-order valence-corrected chi connectivity index (χ0v) is 10.3. The summed E-state index contributed by atoms with van der Waals surface area (Å²) in [6.07, 6.45) is 1.74. The minimum Gasteiger partial charge on any atom is -0.481 e. The number of rotatable bonds is 4. The first-order valence-corrected chi connectivity index (χ1v) is 5.84. The van der Waals surface area contributed by atoms with Crippen LogP contribution in [0.15, 0.2) is 0 Å². The molecule has 6 nitrogen and oxygen atoms in total. The van der Waals surface area contributed by atoms with E-state index in [0.717, 1.165) is 12.8 Å². The summed E-state index contributed by atoms with van der Waals surface area (Å²) in [6, 6.07) is -0.0936. The molecule has 0 saturated carbocycles. The molecular formula is C11H20N2O4. The number of carboxylic acid groups (broad SMARTS) is 1. The lowest BCUT2D eigenvalue weighted by molar-refractivity contribution is -0.137. The number of ether oxygens (including phenoxy) is 1. The smallest absolute Gasteiger partial charge is 0.317 e. The molecule has 1 rings (SSSR count). The zero-order chi connectivity index (χ0) is 12.8. The Bertz CT molecular complexity index is 283. The average molecular weight is 244 g/mol. The molecule has 17 heavy (non-hydrogen) atoms. The number of carboxylic acids is 1. The normalized spacial score (nSPS) is 24.1. The standard InChI is InChI=1S/C11H20N2O4/c1-8-7-9(4-6-17-8)12-11(16)13(2)5-3-10(14)15/h8-9H,3-7H2,1-2H3,(H,12,16)(H,14,15). The van der Waals surface area contributed by atoms with Crippen LogP contribution in [0.3, 0.4) is 0 Å². The molecule has 98 valence electrons. The van der Waals surface area contributed by atoms with Gasteiger partial charge >= 0.3 is 12.0 Å². The second-order valence-electron chi connectivity index (χ2n) is 4.42. The summed E-state index contributed by atoms with van der Waals surface area (Å²) in [5.74, 6) is -0.899. The van der Waals surface area contributed by atoms with Crippen molar-refractivity contribution < 1.29 is 19.4 Å². The van der Waals surface area contributed by atoms with Crippen LogP contribution in [0, 0.1) is 0 Å². The topological polar surface area (TPSA) is 78.9 Å². The Balaban J connectivity index is 2.29. The molecule has 0 aromatic heterocycles. The van der Waals surface area contributed by atoms with Gasteiger partial charge in [-0.2, -0.15) is 0 Å². The van der Waals surface area contributed by atoms with Crippen molar-refractivity contribution in [3.8, 4) is 0 Å². The van der Waals surface area contributed by atoms with Crippen molar-refractivity contribution >= 4 is 12.0 Å². The van der Waals surface area contributed by atoms with E-state index in [1.165, 1.54) is 4.90 Å². The maximum atomic E-state index is 11.7. The van der Waals surface area contributed by atoms with Crippen LogP contribution in [0.4, 0.5) is 4.79 Å². The molecule has 0 aromatic rings. The molecule has 1 aliphatic rings. The third-order valence-electron chi connectivity index (χ3n) is 2.82. The molecule has 1 heterocycles. The van der Waals surface area contributed by atoms with E-state index in [-0.39, 0.29) is 31.1 Å². The fourth-order valence-corrected chi connectivity index (χ4v) is 1.78. The SMILES string of the molecule is CC1CC(NC(=O)N(C)CCC(=O)O)CCO1. The lowest BCUT2D eigenvalue weighted by Gasteiger charge is -2.29. The Kier molecular flexibility index (Phi) is 5.21. The highest BCUT2D eigenvalue weighted by molar-refractivity contribution is 5.75. The highest BCUT2D eigenvalue weighted by Crippen LogP contribution is 2.13. The molecule has 0 spiro atoms. The van der Waals surface area contributed by atoms with Gasteiger partial charge in [0.15, 0.2) is 0 Å². The summed E-state index contributed by atoms with van der Waals surface area (Å²) in [4.78, 5) is 23.5. The quantitative estimate of drug-likeness (QED) is 0.762. The second kappa shape index (κ2) is 6.44. The number of carbonyl (C=O) groups is 2. The first kappa shape index (κ1) is 13.8. The van der Waals surface area contributed by atoms with Crippen molar-refractivity contribution in [3.63, 3.8) is 0 Å². The Hall–Kier alpha value is -1.30. The fourth-order valence-electron chi connectivity index (χ4n) is 1.78. The Morgan fingerprint density at radius 3 is 2.82 bits per heavy atom. The van der Waals surface area contributed by atoms with Gasteiger partial charge in [-0.1, -0.05) is 0 Å². The molecule has 2 N–H and O–H groups in total. The predicted octanol–water partition coefficient (Wildman–Crippen LogP) is 0.670. The number of carbonyl (C=O) groups excluding carboxylic acids is 1. The first-order valence-electron chi connectivity index (χ1n) is 5.84. The Labute approximate surface area is 101 Å². The molecule has 1 saturated heterocycles. The van der Waals surface area contributed by atoms with E-state index in [9.17, 15) is 9.59 Å². The van der Waals surface area contributed by atoms with Crippen LogP contribution in [0.5, 0.6) is 0 Å². The minimum absolute atomic E-state index is 0.0336. The van der Waals surface area contributed by atoms with Gasteiger partial charge in [-0.25, -0.2) is 4.79 Å². The molecule has 0 aromatic carbocycles. The van der Waals surface area contributed by atoms with Crippen LogP contribution >= 0.6 is 0 Å². The van der Waals surface area contributed by atoms with E-state index < -0.39 is 5.97 Å². The molecule has 6 heteroatoms. The van der Waals surface area contributed by atoms with Gasteiger partial charge in [-0.15, -0.1) is 0 Å². The van der Waals surface area contributed by atoms with Crippen LogP contribution in [0.2, 0.25) is 0 Å². The summed E-state index contributed by atoms with van der Waals surface area (Å²) in [6.45, 7) is 2.86. The predicted molar refractivity (Wildman–Crippen MR) is 61.9 cm³/mol. The van der Waals surface area contributed by atoms with E-state index >= 15 is 0 Å². The van der Waals surface area contributed by atoms with E-state index in [4.69, 9.17) is 9.84 Å². The van der Waals surface area contributed by atoms with Gasteiger partial charge in [0, 0.05) is 26.2 Å². The molecule has 2 unspecified atom stereocenters. The summed E-state index contributed by atoms with van der Waals surface area (Å²) in [7, 11) is 1.60. The molecule has 0 aliphatic carbocycles. The zero-order valence-electron chi connectivity index (χ0n) is 10.3. The van der Waals surface area contributed by atoms with Crippen LogP contribution in [0.1, 0.15) is 26.2 Å². The third kappa shape index (κ3) is 5.04. The third-order valence-corrected chi connectivity index (χ3v) is 2.82. The van der Waals surface area contributed by atoms with Crippen molar-refractivity contribution in [2.24, 2.45) is 0 Å². The largest absolute Gasteiger partial charge is 0.481 e. The van der Waals surface area contributed by atoms with Gasteiger partial charge in [0.2, 0.25) is 0 Å². The number of hydrogen-bond donors (Lipinski definition) is 2. The number of nitrogens with one attached hydrogen (secondary N) is 1. The molecule has 2 atom stereocenters. The molecule has 2 amide bonds. The first-order chi connectivity index (χ1) is 7.99. The Morgan fingerprint density at radius 2 is 2.24 bits per heavy atom. The molecule has 0 bridgehead atoms. The summed E-state index contributed by atoms with van der Waals surface area (Å²) >= 11 is 0. The van der Waals surface area contributed by atoms with E-state index in [0.29, 0.717) is 6.61 Å². The van der Waals surface area contributed by atoms with E-state index in [2.05, 4.69) is 5.32 Å². The van der Waals surface area contributed by atoms with Gasteiger partial charge in [0.25, 0.3) is 0 Å². The highest BCUT2D eigenvalue weighted by atomic mass is 16.5. The van der Waals surface area contributed by atoms with Crippen LogP contribution in [0.25, 0.3) is 0 Å². The maximum Gasteiger partial charge on any atom is 0.317 e.